The molecule has 0 fully saturated rings. The van der Waals surface area contributed by atoms with Crippen molar-refractivity contribution >= 4 is 80.9 Å². The van der Waals surface area contributed by atoms with Gasteiger partial charge in [-0.1, -0.05) is 176 Å². The van der Waals surface area contributed by atoms with E-state index in [1.807, 2.05) is 11.3 Å². The van der Waals surface area contributed by atoms with Gasteiger partial charge >= 0.3 is 0 Å². The Morgan fingerprint density at radius 2 is 0.825 bits per heavy atom. The van der Waals surface area contributed by atoms with Crippen molar-refractivity contribution < 1.29 is 0 Å². The van der Waals surface area contributed by atoms with Crippen LogP contribution in [0.4, 0.5) is 17.1 Å². The molecule has 1 heterocycles. The molecule has 1 aromatic heterocycles. The molecular formula is C55H35NS. The molecule has 0 saturated heterocycles. The van der Waals surface area contributed by atoms with E-state index in [2.05, 4.69) is 217 Å². The highest BCUT2D eigenvalue weighted by Gasteiger charge is 2.45. The molecule has 0 aliphatic heterocycles. The first-order valence-electron chi connectivity index (χ1n) is 19.7. The van der Waals surface area contributed by atoms with E-state index in [4.69, 9.17) is 0 Å². The predicted molar refractivity (Wildman–Crippen MR) is 244 cm³/mol. The Morgan fingerprint density at radius 1 is 0.333 bits per heavy atom. The zero-order valence-corrected chi connectivity index (χ0v) is 31.9. The predicted octanol–water partition coefficient (Wildman–Crippen LogP) is 15.3. The Balaban J connectivity index is 1.12. The van der Waals surface area contributed by atoms with Crippen molar-refractivity contribution in [3.63, 3.8) is 0 Å². The average Bonchev–Trinajstić information content (AvgIpc) is 3.82. The topological polar surface area (TPSA) is 3.24 Å². The normalized spacial score (nSPS) is 13.1. The Labute approximate surface area is 335 Å². The van der Waals surface area contributed by atoms with Gasteiger partial charge in [-0.3, -0.25) is 0 Å². The fourth-order valence-corrected chi connectivity index (χ4v) is 11.1. The van der Waals surface area contributed by atoms with Crippen LogP contribution in [0, 0.1) is 0 Å². The molecule has 266 valence electrons. The van der Waals surface area contributed by atoms with E-state index in [0.717, 1.165) is 11.4 Å². The van der Waals surface area contributed by atoms with Crippen LogP contribution in [-0.2, 0) is 5.41 Å². The van der Waals surface area contributed by atoms with Gasteiger partial charge in [0.15, 0.2) is 0 Å². The van der Waals surface area contributed by atoms with Crippen LogP contribution in [0.3, 0.4) is 0 Å². The molecule has 12 rings (SSSR count). The summed E-state index contributed by atoms with van der Waals surface area (Å²) in [5.74, 6) is 0. The maximum absolute atomic E-state index is 2.48. The Morgan fingerprint density at radius 3 is 1.49 bits per heavy atom. The monoisotopic (exact) mass is 741 g/mol. The lowest BCUT2D eigenvalue weighted by atomic mass is 9.68. The second kappa shape index (κ2) is 12.5. The zero-order chi connectivity index (χ0) is 37.5. The van der Waals surface area contributed by atoms with Gasteiger partial charge in [0.05, 0.1) is 15.8 Å². The number of nitrogens with zero attached hydrogens (tertiary/aromatic N) is 1. The van der Waals surface area contributed by atoms with Crippen molar-refractivity contribution in [3.8, 4) is 11.1 Å². The van der Waals surface area contributed by atoms with Gasteiger partial charge in [0.1, 0.15) is 0 Å². The summed E-state index contributed by atoms with van der Waals surface area (Å²) in [6.45, 7) is 0. The minimum absolute atomic E-state index is 0.452. The minimum atomic E-state index is -0.452. The molecule has 1 nitrogen and oxygen atoms in total. The van der Waals surface area contributed by atoms with Gasteiger partial charge in [0, 0.05) is 26.8 Å². The summed E-state index contributed by atoms with van der Waals surface area (Å²) in [4.78, 5) is 2.48. The van der Waals surface area contributed by atoms with Crippen LogP contribution in [0.2, 0.25) is 0 Å². The summed E-state index contributed by atoms with van der Waals surface area (Å²) in [6, 6.07) is 78.8. The summed E-state index contributed by atoms with van der Waals surface area (Å²) in [5.41, 5.74) is 10.8. The van der Waals surface area contributed by atoms with Gasteiger partial charge in [0.2, 0.25) is 0 Å². The first kappa shape index (κ1) is 32.3. The fraction of sp³-hybridized carbons (Fsp3) is 0.0182. The molecule has 1 aliphatic rings. The first-order valence-corrected chi connectivity index (χ1v) is 20.5. The van der Waals surface area contributed by atoms with E-state index in [1.165, 1.54) is 91.6 Å². The zero-order valence-electron chi connectivity index (χ0n) is 31.1. The smallest absolute Gasteiger partial charge is 0.0713 e. The first-order chi connectivity index (χ1) is 28.3. The van der Waals surface area contributed by atoms with Crippen LogP contribution < -0.4 is 4.90 Å². The molecule has 11 aromatic rings. The molecule has 0 radical (unpaired) electrons. The van der Waals surface area contributed by atoms with Crippen LogP contribution in [-0.4, -0.2) is 0 Å². The highest BCUT2D eigenvalue weighted by Crippen LogP contribution is 2.56. The van der Waals surface area contributed by atoms with Gasteiger partial charge in [-0.25, -0.2) is 0 Å². The maximum Gasteiger partial charge on any atom is 0.0713 e. The summed E-state index contributed by atoms with van der Waals surface area (Å²) in [6.07, 6.45) is 0. The quantitative estimate of drug-likeness (QED) is 0.159. The molecule has 0 atom stereocenters. The molecule has 0 amide bonds. The van der Waals surface area contributed by atoms with Crippen LogP contribution in [0.5, 0.6) is 0 Å². The second-order valence-electron chi connectivity index (χ2n) is 15.2. The van der Waals surface area contributed by atoms with Gasteiger partial charge in [0.25, 0.3) is 0 Å². The third-order valence-electron chi connectivity index (χ3n) is 12.3. The van der Waals surface area contributed by atoms with Gasteiger partial charge in [-0.15, -0.1) is 11.3 Å². The number of hydrogen-bond acceptors (Lipinski definition) is 2. The third kappa shape index (κ3) is 4.62. The number of anilines is 3. The van der Waals surface area contributed by atoms with Crippen molar-refractivity contribution in [1.82, 2.24) is 0 Å². The molecule has 0 unspecified atom stereocenters. The lowest BCUT2D eigenvalue weighted by Crippen LogP contribution is -2.28. The van der Waals surface area contributed by atoms with E-state index in [-0.39, 0.29) is 0 Å². The van der Waals surface area contributed by atoms with Gasteiger partial charge in [-0.2, -0.15) is 0 Å². The minimum Gasteiger partial charge on any atom is -0.309 e. The molecule has 57 heavy (non-hydrogen) atoms. The number of thiophene rings is 1. The van der Waals surface area contributed by atoms with Crippen LogP contribution >= 0.6 is 11.3 Å². The lowest BCUT2D eigenvalue weighted by molar-refractivity contribution is 0.768. The van der Waals surface area contributed by atoms with Crippen LogP contribution in [0.15, 0.2) is 212 Å². The van der Waals surface area contributed by atoms with Crippen molar-refractivity contribution in [1.29, 1.82) is 0 Å². The van der Waals surface area contributed by atoms with E-state index in [9.17, 15) is 0 Å². The van der Waals surface area contributed by atoms with Crippen molar-refractivity contribution in [2.24, 2.45) is 0 Å². The molecule has 2 heteroatoms. The largest absolute Gasteiger partial charge is 0.309 e. The van der Waals surface area contributed by atoms with E-state index in [0.29, 0.717) is 0 Å². The van der Waals surface area contributed by atoms with Crippen LogP contribution in [0.25, 0.3) is 63.6 Å². The number of benzene rings is 10. The summed E-state index contributed by atoms with van der Waals surface area (Å²) in [5, 5.41) is 10.2. The van der Waals surface area contributed by atoms with Gasteiger partial charge < -0.3 is 4.90 Å². The summed E-state index contributed by atoms with van der Waals surface area (Å²) < 4.78 is 2.58. The van der Waals surface area contributed by atoms with E-state index < -0.39 is 5.41 Å². The van der Waals surface area contributed by atoms with Crippen molar-refractivity contribution in [2.75, 3.05) is 4.90 Å². The third-order valence-corrected chi connectivity index (χ3v) is 13.5. The number of fused-ring (bicyclic) bond motifs is 12. The lowest BCUT2D eigenvalue weighted by Gasteiger charge is -2.34. The van der Waals surface area contributed by atoms with Crippen LogP contribution in [0.1, 0.15) is 22.3 Å². The Bertz CT molecular complexity index is 3280. The highest BCUT2D eigenvalue weighted by atomic mass is 32.1. The van der Waals surface area contributed by atoms with E-state index in [1.54, 1.807) is 0 Å². The molecule has 10 aromatic carbocycles. The van der Waals surface area contributed by atoms with Crippen molar-refractivity contribution in [3.05, 3.63) is 235 Å². The Kier molecular flexibility index (Phi) is 7.08. The second-order valence-corrected chi connectivity index (χ2v) is 16.2. The number of rotatable bonds is 5. The fourth-order valence-electron chi connectivity index (χ4n) is 9.94. The molecule has 0 N–H and O–H groups in total. The molecular weight excluding hydrogens is 707 g/mol. The summed E-state index contributed by atoms with van der Waals surface area (Å²) >= 11 is 1.88. The molecule has 1 aliphatic carbocycles. The van der Waals surface area contributed by atoms with Crippen molar-refractivity contribution in [2.45, 2.75) is 5.41 Å². The standard InChI is InChI=1S/C55H35NS/c1-2-15-36(16-3-1)55(50-25-11-8-21-45(50)46-22-9-12-26-51(46)55)37-29-31-38(32-30-37)56(52-27-14-24-48-47-23-10-13-28-53(47)57-54(48)52)39-33-34-44-42-19-5-4-17-40(42)41-18-6-7-20-43(41)49(44)35-39/h1-35H. The molecule has 0 spiro atoms. The maximum atomic E-state index is 2.48. The highest BCUT2D eigenvalue weighted by molar-refractivity contribution is 7.26. The number of hydrogen-bond donors (Lipinski definition) is 0. The van der Waals surface area contributed by atoms with E-state index >= 15 is 0 Å². The summed E-state index contributed by atoms with van der Waals surface area (Å²) in [7, 11) is 0. The average molecular weight is 742 g/mol. The SMILES string of the molecule is c1ccc(C2(c3ccc(N(c4ccc5c6ccccc6c6ccccc6c5c4)c4cccc5c4sc4ccccc45)cc3)c3ccccc3-c3ccccc32)cc1. The Hall–Kier alpha value is -7.00. The molecule has 0 bridgehead atoms. The van der Waals surface area contributed by atoms with Gasteiger partial charge in [-0.05, 0) is 102 Å². The molecule has 0 saturated carbocycles.